The molecule has 0 amide bonds. The van der Waals surface area contributed by atoms with Gasteiger partial charge in [0.05, 0.1) is 3.79 Å². The van der Waals surface area contributed by atoms with E-state index in [1.807, 2.05) is 11.3 Å². The third-order valence-corrected chi connectivity index (χ3v) is 5.58. The Morgan fingerprint density at radius 1 is 1.56 bits per heavy atom. The summed E-state index contributed by atoms with van der Waals surface area (Å²) in [5.41, 5.74) is 2.61. The Hall–Kier alpha value is -0.160. The lowest BCUT2D eigenvalue weighted by Gasteiger charge is -2.34. The Morgan fingerprint density at radius 2 is 2.22 bits per heavy atom. The smallest absolute Gasteiger partial charge is 0.0731 e. The van der Waals surface area contributed by atoms with E-state index in [9.17, 15) is 0 Å². The summed E-state index contributed by atoms with van der Waals surface area (Å²) >= 11 is 5.51. The highest BCUT2D eigenvalue weighted by atomic mass is 79.9. The molecule has 2 heterocycles. The molecule has 1 aliphatic heterocycles. The van der Waals surface area contributed by atoms with Gasteiger partial charge in [-0.1, -0.05) is 5.57 Å². The monoisotopic (exact) mass is 328 g/mol. The van der Waals surface area contributed by atoms with Gasteiger partial charge in [0.15, 0.2) is 0 Å². The quantitative estimate of drug-likeness (QED) is 0.847. The van der Waals surface area contributed by atoms with Crippen molar-refractivity contribution in [2.45, 2.75) is 26.3 Å². The molecule has 0 aromatic carbocycles. The van der Waals surface area contributed by atoms with Crippen molar-refractivity contribution >= 4 is 27.3 Å². The van der Waals surface area contributed by atoms with Crippen molar-refractivity contribution in [3.05, 3.63) is 32.4 Å². The number of hydrogen-bond acceptors (Lipinski definition) is 3. The molecule has 1 atom stereocenters. The summed E-state index contributed by atoms with van der Waals surface area (Å²) in [6.45, 7) is 12.8. The Kier molecular flexibility index (Phi) is 5.01. The maximum absolute atomic E-state index is 4.10. The predicted molar refractivity (Wildman–Crippen MR) is 83.4 cm³/mol. The minimum atomic E-state index is 0.500. The fourth-order valence-electron chi connectivity index (χ4n) is 2.38. The summed E-state index contributed by atoms with van der Waals surface area (Å²) in [7, 11) is 0. The lowest BCUT2D eigenvalue weighted by Crippen LogP contribution is -2.45. The standard InChI is InChI=1S/C14H21BrN2S/c1-10(2)8-12(17-6-4-16-5-7-17)13-9-11(3)14(15)18-13/h9,12,16H,1,4-8H2,2-3H3/t12-/m0/s1. The first-order valence-corrected chi connectivity index (χ1v) is 8.04. The van der Waals surface area contributed by atoms with Crippen molar-refractivity contribution in [2.75, 3.05) is 26.2 Å². The molecule has 100 valence electrons. The van der Waals surface area contributed by atoms with Crippen molar-refractivity contribution in [2.24, 2.45) is 0 Å². The zero-order chi connectivity index (χ0) is 13.1. The maximum Gasteiger partial charge on any atom is 0.0731 e. The number of nitrogens with one attached hydrogen (secondary N) is 1. The van der Waals surface area contributed by atoms with E-state index in [-0.39, 0.29) is 0 Å². The van der Waals surface area contributed by atoms with E-state index in [1.165, 1.54) is 19.8 Å². The van der Waals surface area contributed by atoms with Gasteiger partial charge in [-0.2, -0.15) is 0 Å². The average Bonchev–Trinajstić information content (AvgIpc) is 2.67. The minimum absolute atomic E-state index is 0.500. The fourth-order valence-corrected chi connectivity index (χ4v) is 4.09. The molecule has 18 heavy (non-hydrogen) atoms. The molecule has 0 saturated carbocycles. The summed E-state index contributed by atoms with van der Waals surface area (Å²) in [5, 5.41) is 3.42. The Bertz CT molecular complexity index is 402. The summed E-state index contributed by atoms with van der Waals surface area (Å²) in [4.78, 5) is 4.05. The summed E-state index contributed by atoms with van der Waals surface area (Å²) in [6.07, 6.45) is 1.06. The number of piperazine rings is 1. The summed E-state index contributed by atoms with van der Waals surface area (Å²) in [5.74, 6) is 0. The van der Waals surface area contributed by atoms with Crippen molar-refractivity contribution in [1.82, 2.24) is 10.2 Å². The van der Waals surface area contributed by atoms with Crippen LogP contribution in [0.25, 0.3) is 0 Å². The largest absolute Gasteiger partial charge is 0.314 e. The van der Waals surface area contributed by atoms with Crippen molar-refractivity contribution in [3.63, 3.8) is 0 Å². The topological polar surface area (TPSA) is 15.3 Å². The van der Waals surface area contributed by atoms with E-state index in [2.05, 4.69) is 52.6 Å². The van der Waals surface area contributed by atoms with Gasteiger partial charge in [0.2, 0.25) is 0 Å². The van der Waals surface area contributed by atoms with Gasteiger partial charge >= 0.3 is 0 Å². The van der Waals surface area contributed by atoms with Crippen molar-refractivity contribution < 1.29 is 0 Å². The molecule has 1 N–H and O–H groups in total. The van der Waals surface area contributed by atoms with E-state index in [1.54, 1.807) is 0 Å². The molecule has 2 nitrogen and oxygen atoms in total. The van der Waals surface area contributed by atoms with Crippen LogP contribution in [0.4, 0.5) is 0 Å². The molecular weight excluding hydrogens is 308 g/mol. The third-order valence-electron chi connectivity index (χ3n) is 3.34. The normalized spacial score (nSPS) is 18.8. The maximum atomic E-state index is 4.10. The molecular formula is C14H21BrN2S. The first-order chi connectivity index (χ1) is 8.58. The molecule has 0 unspecified atom stereocenters. The van der Waals surface area contributed by atoms with Crippen LogP contribution >= 0.6 is 27.3 Å². The van der Waals surface area contributed by atoms with Gasteiger partial charge < -0.3 is 5.32 Å². The van der Waals surface area contributed by atoms with E-state index in [0.29, 0.717) is 6.04 Å². The highest BCUT2D eigenvalue weighted by Gasteiger charge is 2.24. The van der Waals surface area contributed by atoms with Crippen LogP contribution in [-0.4, -0.2) is 31.1 Å². The molecule has 1 saturated heterocycles. The number of aryl methyl sites for hydroxylation is 1. The molecule has 1 fully saturated rings. The van der Waals surface area contributed by atoms with Crippen LogP contribution in [0.1, 0.15) is 29.8 Å². The Morgan fingerprint density at radius 3 is 2.72 bits per heavy atom. The third kappa shape index (κ3) is 3.44. The van der Waals surface area contributed by atoms with E-state index < -0.39 is 0 Å². The summed E-state index contributed by atoms with van der Waals surface area (Å²) in [6, 6.07) is 2.82. The molecule has 1 aromatic rings. The Balaban J connectivity index is 2.20. The molecule has 2 rings (SSSR count). The molecule has 0 spiro atoms. The summed E-state index contributed by atoms with van der Waals surface area (Å²) < 4.78 is 1.26. The van der Waals surface area contributed by atoms with Crippen LogP contribution in [0.3, 0.4) is 0 Å². The van der Waals surface area contributed by atoms with Gasteiger partial charge in [-0.3, -0.25) is 4.90 Å². The minimum Gasteiger partial charge on any atom is -0.314 e. The second kappa shape index (κ2) is 6.33. The highest BCUT2D eigenvalue weighted by molar-refractivity contribution is 9.11. The first-order valence-electron chi connectivity index (χ1n) is 6.43. The van der Waals surface area contributed by atoms with Crippen LogP contribution < -0.4 is 5.32 Å². The fraction of sp³-hybridized carbons (Fsp3) is 0.571. The van der Waals surface area contributed by atoms with Gasteiger partial charge in [0.1, 0.15) is 0 Å². The molecule has 4 heteroatoms. The molecule has 0 radical (unpaired) electrons. The highest BCUT2D eigenvalue weighted by Crippen LogP contribution is 2.36. The van der Waals surface area contributed by atoms with Gasteiger partial charge in [-0.05, 0) is 47.8 Å². The zero-order valence-electron chi connectivity index (χ0n) is 11.1. The van der Waals surface area contributed by atoms with Gasteiger partial charge in [-0.15, -0.1) is 17.9 Å². The molecule has 1 aliphatic rings. The lowest BCUT2D eigenvalue weighted by molar-refractivity contribution is 0.175. The lowest BCUT2D eigenvalue weighted by atomic mass is 10.0. The van der Waals surface area contributed by atoms with Gasteiger partial charge in [-0.25, -0.2) is 0 Å². The van der Waals surface area contributed by atoms with Crippen molar-refractivity contribution in [3.8, 4) is 0 Å². The van der Waals surface area contributed by atoms with Gasteiger partial charge in [0.25, 0.3) is 0 Å². The van der Waals surface area contributed by atoms with E-state index in [4.69, 9.17) is 0 Å². The zero-order valence-corrected chi connectivity index (χ0v) is 13.5. The van der Waals surface area contributed by atoms with Crippen LogP contribution in [-0.2, 0) is 0 Å². The van der Waals surface area contributed by atoms with E-state index >= 15 is 0 Å². The van der Waals surface area contributed by atoms with Crippen LogP contribution in [0.15, 0.2) is 22.0 Å². The Labute approximate surface area is 122 Å². The number of halogens is 1. The van der Waals surface area contributed by atoms with Gasteiger partial charge in [0, 0.05) is 37.1 Å². The second-order valence-corrected chi connectivity index (χ2v) is 7.47. The molecule has 0 bridgehead atoms. The molecule has 0 aliphatic carbocycles. The SMILES string of the molecule is C=C(C)C[C@@H](c1cc(C)c(Br)s1)N1CCNCC1. The first kappa shape index (κ1) is 14.3. The van der Waals surface area contributed by atoms with Crippen LogP contribution in [0, 0.1) is 6.92 Å². The van der Waals surface area contributed by atoms with E-state index in [0.717, 1.165) is 32.6 Å². The van der Waals surface area contributed by atoms with Crippen molar-refractivity contribution in [1.29, 1.82) is 0 Å². The number of nitrogens with zero attached hydrogens (tertiary/aromatic N) is 1. The molecule has 1 aromatic heterocycles. The number of rotatable bonds is 4. The average molecular weight is 329 g/mol. The van der Waals surface area contributed by atoms with Crippen LogP contribution in [0.5, 0.6) is 0 Å². The second-order valence-electron chi connectivity index (χ2n) is 5.07. The van der Waals surface area contributed by atoms with Crippen LogP contribution in [0.2, 0.25) is 0 Å². The number of hydrogen-bond donors (Lipinski definition) is 1. The predicted octanol–water partition coefficient (Wildman–Crippen LogP) is 3.73. The number of thiophene rings is 1.